The minimum Gasteiger partial charge on any atom is -0.319 e. The van der Waals surface area contributed by atoms with Crippen molar-refractivity contribution in [1.82, 2.24) is 9.97 Å². The summed E-state index contributed by atoms with van der Waals surface area (Å²) in [7, 11) is 0. The van der Waals surface area contributed by atoms with Gasteiger partial charge in [-0.1, -0.05) is 18.2 Å². The van der Waals surface area contributed by atoms with Gasteiger partial charge in [0.2, 0.25) is 0 Å². The van der Waals surface area contributed by atoms with E-state index in [1.807, 2.05) is 41.4 Å². The second-order valence-corrected chi connectivity index (χ2v) is 4.55. The minimum absolute atomic E-state index is 0.174. The first-order valence-electron chi connectivity index (χ1n) is 5.32. The fourth-order valence-electron chi connectivity index (χ4n) is 1.95. The van der Waals surface area contributed by atoms with Gasteiger partial charge in [0.25, 0.3) is 0 Å². The van der Waals surface area contributed by atoms with Gasteiger partial charge in [0.1, 0.15) is 0 Å². The normalized spacial score (nSPS) is 12.8. The lowest BCUT2D eigenvalue weighted by atomic mass is 9.99. The van der Waals surface area contributed by atoms with Gasteiger partial charge in [0, 0.05) is 23.2 Å². The molecule has 0 amide bonds. The Hall–Kier alpha value is -1.78. The van der Waals surface area contributed by atoms with Crippen molar-refractivity contribution in [3.8, 4) is 0 Å². The molecule has 3 rings (SSSR count). The maximum Gasteiger partial charge on any atom is 0.0795 e. The molecular formula is C13H11N3S. The molecule has 0 aliphatic carbocycles. The van der Waals surface area contributed by atoms with Crippen LogP contribution >= 0.6 is 11.3 Å². The highest BCUT2D eigenvalue weighted by molar-refractivity contribution is 7.07. The van der Waals surface area contributed by atoms with Crippen molar-refractivity contribution >= 4 is 22.1 Å². The maximum absolute atomic E-state index is 6.25. The van der Waals surface area contributed by atoms with E-state index >= 15 is 0 Å². The molecule has 3 aromatic rings. The van der Waals surface area contributed by atoms with Crippen molar-refractivity contribution in [2.45, 2.75) is 6.04 Å². The van der Waals surface area contributed by atoms with Crippen LogP contribution in [0.15, 0.2) is 47.5 Å². The molecule has 3 nitrogen and oxygen atoms in total. The number of hydrogen-bond donors (Lipinski definition) is 1. The van der Waals surface area contributed by atoms with E-state index in [0.29, 0.717) is 0 Å². The zero-order chi connectivity index (χ0) is 11.7. The first kappa shape index (κ1) is 10.4. The lowest BCUT2D eigenvalue weighted by Crippen LogP contribution is -2.12. The summed E-state index contributed by atoms with van der Waals surface area (Å²) in [6.07, 6.45) is 3.65. The van der Waals surface area contributed by atoms with Gasteiger partial charge < -0.3 is 5.73 Å². The molecule has 0 saturated heterocycles. The zero-order valence-electron chi connectivity index (χ0n) is 9.08. The van der Waals surface area contributed by atoms with Crippen LogP contribution in [0.2, 0.25) is 0 Å². The largest absolute Gasteiger partial charge is 0.319 e. The van der Waals surface area contributed by atoms with Crippen LogP contribution in [0.1, 0.15) is 17.3 Å². The molecule has 2 heterocycles. The van der Waals surface area contributed by atoms with Gasteiger partial charge in [-0.05, 0) is 17.0 Å². The molecular weight excluding hydrogens is 230 g/mol. The molecule has 0 aliphatic rings. The Labute approximate surface area is 103 Å². The lowest BCUT2D eigenvalue weighted by molar-refractivity contribution is 0.847. The monoisotopic (exact) mass is 241 g/mol. The molecule has 4 heteroatoms. The van der Waals surface area contributed by atoms with Crippen LogP contribution in [0.5, 0.6) is 0 Å². The number of aromatic nitrogens is 2. The average molecular weight is 241 g/mol. The summed E-state index contributed by atoms with van der Waals surface area (Å²) in [4.78, 5) is 8.40. The predicted octanol–water partition coefficient (Wildman–Crippen LogP) is 2.74. The fourth-order valence-corrected chi connectivity index (χ4v) is 2.54. The van der Waals surface area contributed by atoms with E-state index in [1.54, 1.807) is 17.5 Å². The van der Waals surface area contributed by atoms with Crippen molar-refractivity contribution < 1.29 is 0 Å². The minimum atomic E-state index is -0.174. The molecule has 0 aliphatic heterocycles. The highest BCUT2D eigenvalue weighted by atomic mass is 32.1. The average Bonchev–Trinajstić information content (AvgIpc) is 2.91. The Bertz CT molecular complexity index is 629. The van der Waals surface area contributed by atoms with E-state index in [2.05, 4.69) is 9.97 Å². The fraction of sp³-hybridized carbons (Fsp3) is 0.0769. The van der Waals surface area contributed by atoms with Crippen LogP contribution in [0, 0.1) is 0 Å². The van der Waals surface area contributed by atoms with Crippen molar-refractivity contribution in [3.63, 3.8) is 0 Å². The third-order valence-electron chi connectivity index (χ3n) is 2.82. The summed E-state index contributed by atoms with van der Waals surface area (Å²) in [6, 6.07) is 7.92. The van der Waals surface area contributed by atoms with Gasteiger partial charge in [-0.15, -0.1) is 11.3 Å². The Kier molecular flexibility index (Phi) is 2.59. The topological polar surface area (TPSA) is 51.8 Å². The molecule has 2 aromatic heterocycles. The lowest BCUT2D eigenvalue weighted by Gasteiger charge is -2.12. The zero-order valence-corrected chi connectivity index (χ0v) is 9.89. The molecule has 2 N–H and O–H groups in total. The van der Waals surface area contributed by atoms with E-state index < -0.39 is 0 Å². The molecule has 17 heavy (non-hydrogen) atoms. The maximum atomic E-state index is 6.25. The SMILES string of the molecule is NC(c1cscn1)c1cccc2cnccc12. The number of thiazole rings is 1. The molecule has 0 radical (unpaired) electrons. The summed E-state index contributed by atoms with van der Waals surface area (Å²) >= 11 is 1.56. The quantitative estimate of drug-likeness (QED) is 0.750. The van der Waals surface area contributed by atoms with Crippen LogP contribution in [0.3, 0.4) is 0 Å². The first-order valence-corrected chi connectivity index (χ1v) is 6.27. The third kappa shape index (κ3) is 1.81. The molecule has 1 atom stereocenters. The highest BCUT2D eigenvalue weighted by Crippen LogP contribution is 2.26. The molecule has 0 fully saturated rings. The predicted molar refractivity (Wildman–Crippen MR) is 69.9 cm³/mol. The van der Waals surface area contributed by atoms with E-state index in [-0.39, 0.29) is 6.04 Å². The molecule has 0 spiro atoms. The van der Waals surface area contributed by atoms with Crippen molar-refractivity contribution in [1.29, 1.82) is 0 Å². The Morgan fingerprint density at radius 3 is 3.00 bits per heavy atom. The number of hydrogen-bond acceptors (Lipinski definition) is 4. The van der Waals surface area contributed by atoms with Gasteiger partial charge in [-0.3, -0.25) is 4.98 Å². The molecule has 84 valence electrons. The first-order chi connectivity index (χ1) is 8.36. The number of fused-ring (bicyclic) bond motifs is 1. The van der Waals surface area contributed by atoms with Crippen molar-refractivity contribution in [3.05, 3.63) is 58.8 Å². The van der Waals surface area contributed by atoms with E-state index in [9.17, 15) is 0 Å². The Balaban J connectivity index is 2.17. The Morgan fingerprint density at radius 1 is 1.24 bits per heavy atom. The summed E-state index contributed by atoms with van der Waals surface area (Å²) < 4.78 is 0. The smallest absolute Gasteiger partial charge is 0.0795 e. The number of pyridine rings is 1. The van der Waals surface area contributed by atoms with Crippen LogP contribution in [-0.2, 0) is 0 Å². The second kappa shape index (κ2) is 4.24. The number of benzene rings is 1. The second-order valence-electron chi connectivity index (χ2n) is 3.84. The number of nitrogens with zero attached hydrogens (tertiary/aromatic N) is 2. The number of rotatable bonds is 2. The molecule has 0 bridgehead atoms. The van der Waals surface area contributed by atoms with Crippen LogP contribution < -0.4 is 5.73 Å². The van der Waals surface area contributed by atoms with Gasteiger partial charge >= 0.3 is 0 Å². The number of nitrogens with two attached hydrogens (primary N) is 1. The summed E-state index contributed by atoms with van der Waals surface area (Å²) in [5.41, 5.74) is 10.1. The highest BCUT2D eigenvalue weighted by Gasteiger charge is 2.13. The summed E-state index contributed by atoms with van der Waals surface area (Å²) in [5, 5.41) is 4.24. The van der Waals surface area contributed by atoms with Crippen molar-refractivity contribution in [2.75, 3.05) is 0 Å². The van der Waals surface area contributed by atoms with Crippen molar-refractivity contribution in [2.24, 2.45) is 5.73 Å². The molecule has 1 unspecified atom stereocenters. The van der Waals surface area contributed by atoms with Gasteiger partial charge in [-0.2, -0.15) is 0 Å². The van der Waals surface area contributed by atoms with Gasteiger partial charge in [0.05, 0.1) is 17.2 Å². The Morgan fingerprint density at radius 2 is 2.18 bits per heavy atom. The summed E-state index contributed by atoms with van der Waals surface area (Å²) in [6.45, 7) is 0. The van der Waals surface area contributed by atoms with Crippen LogP contribution in [0.4, 0.5) is 0 Å². The van der Waals surface area contributed by atoms with Crippen LogP contribution in [0.25, 0.3) is 10.8 Å². The van der Waals surface area contributed by atoms with Crippen LogP contribution in [-0.4, -0.2) is 9.97 Å². The molecule has 1 aromatic carbocycles. The summed E-state index contributed by atoms with van der Waals surface area (Å²) in [5.74, 6) is 0. The molecule has 0 saturated carbocycles. The standard InChI is InChI=1S/C13H11N3S/c14-13(12-7-17-8-16-12)11-3-1-2-9-6-15-5-4-10(9)11/h1-8,13H,14H2. The third-order valence-corrected chi connectivity index (χ3v) is 3.42. The van der Waals surface area contributed by atoms with E-state index in [1.165, 1.54) is 0 Å². The van der Waals surface area contributed by atoms with E-state index in [0.717, 1.165) is 22.0 Å². The van der Waals surface area contributed by atoms with Gasteiger partial charge in [0.15, 0.2) is 0 Å². The van der Waals surface area contributed by atoms with E-state index in [4.69, 9.17) is 5.73 Å². The van der Waals surface area contributed by atoms with Gasteiger partial charge in [-0.25, -0.2) is 4.98 Å².